The van der Waals surface area contributed by atoms with Crippen LogP contribution in [0.3, 0.4) is 0 Å². The van der Waals surface area contributed by atoms with Crippen LogP contribution in [0.15, 0.2) is 64.8 Å². The number of hydrogen-bond donors (Lipinski definition) is 1. The van der Waals surface area contributed by atoms with E-state index in [1.165, 1.54) is 26.0 Å². The molecule has 0 fully saturated rings. The van der Waals surface area contributed by atoms with E-state index in [2.05, 4.69) is 0 Å². The van der Waals surface area contributed by atoms with Gasteiger partial charge in [0.1, 0.15) is 6.10 Å². The van der Waals surface area contributed by atoms with Crippen LogP contribution in [-0.4, -0.2) is 35.2 Å². The van der Waals surface area contributed by atoms with Gasteiger partial charge in [0.05, 0.1) is 53.7 Å². The molecule has 1 aromatic carbocycles. The number of esters is 1. The summed E-state index contributed by atoms with van der Waals surface area (Å²) in [5.74, 6) is -0.202. The largest absolute Gasteiger partial charge is 0.458 e. The van der Waals surface area contributed by atoms with Crippen molar-refractivity contribution >= 4 is 11.8 Å². The van der Waals surface area contributed by atoms with E-state index in [4.69, 9.17) is 35.6 Å². The zero-order valence-electron chi connectivity index (χ0n) is 27.6. The van der Waals surface area contributed by atoms with Crippen LogP contribution in [-0.2, 0) is 31.4 Å². The number of allylic oxidation sites excluding steroid dienone is 5. The predicted molar refractivity (Wildman–Crippen MR) is 168 cm³/mol. The third-order valence-corrected chi connectivity index (χ3v) is 7.60. The van der Waals surface area contributed by atoms with E-state index in [9.17, 15) is 35.9 Å². The molecule has 4 atom stereocenters. The highest BCUT2D eigenvalue weighted by molar-refractivity contribution is 5.93. The third kappa shape index (κ3) is 14.7. The molecule has 1 N–H and O–H groups in total. The van der Waals surface area contributed by atoms with Crippen LogP contribution < -0.4 is 0 Å². The van der Waals surface area contributed by atoms with Crippen LogP contribution >= 0.6 is 0 Å². The normalized spacial score (nSPS) is 21.1. The lowest BCUT2D eigenvalue weighted by Gasteiger charge is -2.20. The van der Waals surface area contributed by atoms with E-state index in [1.54, 1.807) is 12.2 Å². The molecule has 0 aliphatic heterocycles. The van der Waals surface area contributed by atoms with Crippen LogP contribution in [0, 0.1) is 45.3 Å². The quantitative estimate of drug-likeness (QED) is 0.240. The smallest absolute Gasteiger partial charge is 0.416 e. The molecule has 270 valence electrons. The number of aliphatic hydroxyl groups is 1. The number of nitriles is 4. The SMILES string of the molecule is CC(=O)O[C@@H]1C=C(C#N)CC1.C[C@@H](O[C@@H]1C=C(C#N)CC1)c1cc(C(F)(F)F)cc(C(F)(F)F)c1.N#CC1=CC(=O)CC1.N#CC1=C[C@@H](O)CC1. The maximum absolute atomic E-state index is 12.8. The first-order chi connectivity index (χ1) is 23.9. The van der Waals surface area contributed by atoms with Crippen molar-refractivity contribution in [3.8, 4) is 24.3 Å². The van der Waals surface area contributed by atoms with Crippen molar-refractivity contribution in [1.82, 2.24) is 0 Å². The van der Waals surface area contributed by atoms with Gasteiger partial charge in [-0.3, -0.25) is 9.59 Å². The topological polar surface area (TPSA) is 168 Å². The maximum atomic E-state index is 12.8. The Morgan fingerprint density at radius 2 is 1.22 bits per heavy atom. The van der Waals surface area contributed by atoms with Gasteiger partial charge in [-0.05, 0) is 99.9 Å². The summed E-state index contributed by atoms with van der Waals surface area (Å²) < 4.78 is 87.5. The molecule has 0 spiro atoms. The number of benzene rings is 1. The number of nitrogens with zero attached hydrogens (tertiary/aromatic N) is 4. The summed E-state index contributed by atoms with van der Waals surface area (Å²) >= 11 is 0. The molecule has 5 rings (SSSR count). The number of rotatable bonds is 4. The van der Waals surface area contributed by atoms with E-state index in [0.717, 1.165) is 36.8 Å². The molecule has 0 saturated heterocycles. The Balaban J connectivity index is 0.000000273. The molecule has 0 radical (unpaired) electrons. The Kier molecular flexibility index (Phi) is 15.8. The van der Waals surface area contributed by atoms with Crippen LogP contribution in [0.2, 0.25) is 0 Å². The van der Waals surface area contributed by atoms with Crippen molar-refractivity contribution < 1.29 is 50.5 Å². The van der Waals surface area contributed by atoms with Gasteiger partial charge in [-0.2, -0.15) is 47.4 Å². The van der Waals surface area contributed by atoms with Gasteiger partial charge in [-0.15, -0.1) is 0 Å². The molecular weight excluding hydrogens is 682 g/mol. The number of ether oxygens (including phenoxy) is 2. The van der Waals surface area contributed by atoms with E-state index in [0.29, 0.717) is 49.0 Å². The van der Waals surface area contributed by atoms with Gasteiger partial charge in [-0.1, -0.05) is 0 Å². The minimum absolute atomic E-state index is 0.0828. The maximum Gasteiger partial charge on any atom is 0.416 e. The number of ketones is 1. The average Bonchev–Trinajstić information content (AvgIpc) is 3.89. The van der Waals surface area contributed by atoms with Gasteiger partial charge in [0.2, 0.25) is 0 Å². The Bertz CT molecular complexity index is 1700. The molecule has 1 aromatic rings. The van der Waals surface area contributed by atoms with Crippen molar-refractivity contribution in [2.45, 2.75) is 102 Å². The van der Waals surface area contributed by atoms with Gasteiger partial charge >= 0.3 is 18.3 Å². The lowest BCUT2D eigenvalue weighted by molar-refractivity contribution is -0.145. The summed E-state index contributed by atoms with van der Waals surface area (Å²) in [6.07, 6.45) is -0.430. The van der Waals surface area contributed by atoms with Gasteiger partial charge in [0, 0.05) is 35.6 Å². The van der Waals surface area contributed by atoms with Crippen LogP contribution in [0.4, 0.5) is 26.3 Å². The molecule has 0 saturated carbocycles. The number of carbonyl (C=O) groups is 2. The molecule has 0 aromatic heterocycles. The summed E-state index contributed by atoms with van der Waals surface area (Å²) in [5.41, 5.74) is -0.406. The molecule has 0 heterocycles. The molecule has 4 aliphatic carbocycles. The second-order valence-electron chi connectivity index (χ2n) is 11.6. The summed E-state index contributed by atoms with van der Waals surface area (Å²) in [6.45, 7) is 2.76. The highest BCUT2D eigenvalue weighted by Gasteiger charge is 2.37. The average molecular weight is 717 g/mol. The molecule has 4 aliphatic rings. The van der Waals surface area contributed by atoms with Gasteiger partial charge < -0.3 is 14.6 Å². The monoisotopic (exact) mass is 716 g/mol. The molecule has 0 unspecified atom stereocenters. The van der Waals surface area contributed by atoms with Crippen molar-refractivity contribution in [3.05, 3.63) is 81.5 Å². The Hall–Kier alpha value is -5.22. The standard InChI is InChI=1S/C16H13F6NO.C8H9NO2.C6H7NO.C6H5NO/c1-9(24-14-3-2-10(4-14)8-23)11-5-12(15(17,18)19)7-13(6-11)16(20,21)22;1-6(10)11-8-3-2-7(4-8)5-9;2*7-4-5-1-2-6(8)3-5/h4-7,9,14H,2-3H2,1H3;4,8H,2-3H2,1H3;3,6,8H,1-2H2;3H,1-2H2/t9-,14+;8-;6-;/m100./s1. The van der Waals surface area contributed by atoms with Crippen molar-refractivity contribution in [2.75, 3.05) is 0 Å². The number of aliphatic hydroxyl groups excluding tert-OH is 1. The third-order valence-electron chi connectivity index (χ3n) is 7.60. The Labute approximate surface area is 291 Å². The van der Waals surface area contributed by atoms with Crippen LogP contribution in [0.5, 0.6) is 0 Å². The first kappa shape index (κ1) is 41.9. The summed E-state index contributed by atoms with van der Waals surface area (Å²) in [4.78, 5) is 20.8. The highest BCUT2D eigenvalue weighted by atomic mass is 19.4. The van der Waals surface area contributed by atoms with Gasteiger partial charge in [0.25, 0.3) is 0 Å². The van der Waals surface area contributed by atoms with E-state index >= 15 is 0 Å². The van der Waals surface area contributed by atoms with Crippen molar-refractivity contribution in [3.63, 3.8) is 0 Å². The predicted octanol–water partition coefficient (Wildman–Crippen LogP) is 7.97. The fourth-order valence-electron chi connectivity index (χ4n) is 5.01. The molecule has 0 amide bonds. The molecule has 51 heavy (non-hydrogen) atoms. The fourth-order valence-corrected chi connectivity index (χ4v) is 5.01. The van der Waals surface area contributed by atoms with Gasteiger partial charge in [0.15, 0.2) is 5.78 Å². The number of halogens is 6. The minimum atomic E-state index is -4.89. The molecule has 0 bridgehead atoms. The summed E-state index contributed by atoms with van der Waals surface area (Å²) in [5, 5.41) is 42.5. The van der Waals surface area contributed by atoms with E-state index in [-0.39, 0.29) is 35.6 Å². The van der Waals surface area contributed by atoms with E-state index in [1.807, 2.05) is 24.3 Å². The molecule has 15 heteroatoms. The summed E-state index contributed by atoms with van der Waals surface area (Å²) in [7, 11) is 0. The second-order valence-corrected chi connectivity index (χ2v) is 11.6. The van der Waals surface area contributed by atoms with Crippen LogP contribution in [0.1, 0.15) is 88.0 Å². The minimum Gasteiger partial charge on any atom is -0.458 e. The lowest BCUT2D eigenvalue weighted by Crippen LogP contribution is -2.15. The number of carbonyl (C=O) groups excluding carboxylic acids is 2. The molecular formula is C36H34F6N4O5. The Morgan fingerprint density at radius 1 is 0.745 bits per heavy atom. The summed E-state index contributed by atoms with van der Waals surface area (Å²) in [6, 6.07) is 9.31. The fraction of sp³-hybridized carbons (Fsp3) is 0.444. The Morgan fingerprint density at radius 3 is 1.57 bits per heavy atom. The molecule has 9 nitrogen and oxygen atoms in total. The lowest BCUT2D eigenvalue weighted by atomic mass is 10.0. The zero-order chi connectivity index (χ0) is 38.4. The first-order valence-corrected chi connectivity index (χ1v) is 15.6. The van der Waals surface area contributed by atoms with Crippen LogP contribution in [0.25, 0.3) is 0 Å². The second kappa shape index (κ2) is 19.2. The first-order valence-electron chi connectivity index (χ1n) is 15.6. The zero-order valence-corrected chi connectivity index (χ0v) is 27.6. The number of hydrogen-bond acceptors (Lipinski definition) is 9. The van der Waals surface area contributed by atoms with E-state index < -0.39 is 35.7 Å². The van der Waals surface area contributed by atoms with Gasteiger partial charge in [-0.25, -0.2) is 0 Å². The number of alkyl halides is 6. The van der Waals surface area contributed by atoms with Crippen molar-refractivity contribution in [1.29, 1.82) is 21.0 Å². The van der Waals surface area contributed by atoms with Crippen molar-refractivity contribution in [2.24, 2.45) is 0 Å². The highest BCUT2D eigenvalue weighted by Crippen LogP contribution is 2.38.